The summed E-state index contributed by atoms with van der Waals surface area (Å²) in [4.78, 5) is 10.9. The molecule has 2 rings (SSSR count). The van der Waals surface area contributed by atoms with Gasteiger partial charge in [-0.15, -0.1) is 0 Å². The molecule has 0 aliphatic heterocycles. The van der Waals surface area contributed by atoms with Crippen molar-refractivity contribution in [1.82, 2.24) is 0 Å². The van der Waals surface area contributed by atoms with Gasteiger partial charge in [-0.1, -0.05) is 26.2 Å². The third-order valence-electron chi connectivity index (χ3n) is 4.40. The average molecular weight is 293 g/mol. The van der Waals surface area contributed by atoms with E-state index in [4.69, 9.17) is 4.74 Å². The first-order valence-corrected chi connectivity index (χ1v) is 7.76. The molecule has 0 saturated heterocycles. The maximum Gasteiger partial charge on any atom is 0.165 e. The van der Waals surface area contributed by atoms with Gasteiger partial charge in [0.1, 0.15) is 5.60 Å². The summed E-state index contributed by atoms with van der Waals surface area (Å²) in [7, 11) is 0. The van der Waals surface area contributed by atoms with Crippen molar-refractivity contribution in [2.45, 2.75) is 63.9 Å². The molecule has 0 amide bonds. The molecule has 1 saturated carbocycles. The van der Waals surface area contributed by atoms with Gasteiger partial charge < -0.3 is 14.6 Å². The number of halogens is 1. The Labute approximate surface area is 125 Å². The Morgan fingerprint density at radius 1 is 1.24 bits per heavy atom. The summed E-state index contributed by atoms with van der Waals surface area (Å²) >= 11 is 0. The van der Waals surface area contributed by atoms with Crippen LogP contribution in [0.4, 0.5) is 4.39 Å². The van der Waals surface area contributed by atoms with Crippen molar-refractivity contribution in [1.29, 1.82) is 0 Å². The summed E-state index contributed by atoms with van der Waals surface area (Å²) in [5.41, 5.74) is -0.435. The Hall–Kier alpha value is -1.58. The van der Waals surface area contributed by atoms with E-state index in [1.165, 1.54) is 31.4 Å². The van der Waals surface area contributed by atoms with Gasteiger partial charge in [-0.3, -0.25) is 0 Å². The molecular formula is C17H22FO3-. The number of carbonyl (C=O) groups excluding carboxylic acids is 1. The van der Waals surface area contributed by atoms with Crippen molar-refractivity contribution < 1.29 is 19.0 Å². The maximum absolute atomic E-state index is 13.9. The van der Waals surface area contributed by atoms with Gasteiger partial charge in [-0.2, -0.15) is 0 Å². The minimum absolute atomic E-state index is 0.0270. The van der Waals surface area contributed by atoms with Gasteiger partial charge in [0.05, 0.1) is 5.97 Å². The summed E-state index contributed by atoms with van der Waals surface area (Å²) in [6, 6.07) is 3.57. The lowest BCUT2D eigenvalue weighted by molar-refractivity contribution is -0.255. The van der Waals surface area contributed by atoms with Crippen molar-refractivity contribution in [3.8, 4) is 5.75 Å². The SMILES string of the molecule is CCC1(Oc2cc(C(=O)[O-])ccc2F)CCCCCCC1. The molecular weight excluding hydrogens is 271 g/mol. The molecule has 0 aromatic heterocycles. The second-order valence-corrected chi connectivity index (χ2v) is 5.84. The van der Waals surface area contributed by atoms with Crippen LogP contribution < -0.4 is 9.84 Å². The highest BCUT2D eigenvalue weighted by molar-refractivity contribution is 5.86. The van der Waals surface area contributed by atoms with E-state index in [1.807, 2.05) is 6.92 Å². The maximum atomic E-state index is 13.9. The molecule has 1 aromatic rings. The zero-order chi connectivity index (χ0) is 15.3. The van der Waals surface area contributed by atoms with Gasteiger partial charge >= 0.3 is 0 Å². The van der Waals surface area contributed by atoms with E-state index in [9.17, 15) is 14.3 Å². The fraction of sp³-hybridized carbons (Fsp3) is 0.588. The Morgan fingerprint density at radius 3 is 2.43 bits per heavy atom. The van der Waals surface area contributed by atoms with Crippen LogP contribution in [0.15, 0.2) is 18.2 Å². The van der Waals surface area contributed by atoms with Crippen LogP contribution in [0.25, 0.3) is 0 Å². The van der Waals surface area contributed by atoms with Crippen LogP contribution in [-0.4, -0.2) is 11.6 Å². The van der Waals surface area contributed by atoms with E-state index in [0.717, 1.165) is 38.2 Å². The number of ether oxygens (including phenoxy) is 1. The lowest BCUT2D eigenvalue weighted by Crippen LogP contribution is -2.36. The van der Waals surface area contributed by atoms with E-state index in [-0.39, 0.29) is 16.9 Å². The molecule has 0 radical (unpaired) electrons. The molecule has 1 aliphatic carbocycles. The molecule has 0 N–H and O–H groups in total. The van der Waals surface area contributed by atoms with E-state index in [1.54, 1.807) is 0 Å². The van der Waals surface area contributed by atoms with Crippen LogP contribution in [0.1, 0.15) is 68.6 Å². The summed E-state index contributed by atoms with van der Waals surface area (Å²) in [5.74, 6) is -1.81. The molecule has 0 atom stereocenters. The lowest BCUT2D eigenvalue weighted by atomic mass is 9.85. The summed E-state index contributed by atoms with van der Waals surface area (Å²) in [6.07, 6.45) is 8.29. The summed E-state index contributed by atoms with van der Waals surface area (Å²) < 4.78 is 19.9. The lowest BCUT2D eigenvalue weighted by Gasteiger charge is -2.35. The van der Waals surface area contributed by atoms with Crippen molar-refractivity contribution in [3.05, 3.63) is 29.6 Å². The Bertz CT molecular complexity index is 491. The minimum Gasteiger partial charge on any atom is -0.545 e. The molecule has 0 unspecified atom stereocenters. The smallest absolute Gasteiger partial charge is 0.165 e. The highest BCUT2D eigenvalue weighted by Gasteiger charge is 2.31. The van der Waals surface area contributed by atoms with Gasteiger partial charge in [0.2, 0.25) is 0 Å². The number of carboxylic acid groups (broad SMARTS) is 1. The van der Waals surface area contributed by atoms with Gasteiger partial charge in [0, 0.05) is 5.56 Å². The first-order chi connectivity index (χ1) is 10.1. The normalized spacial score (nSPS) is 18.6. The average Bonchev–Trinajstić information content (AvgIpc) is 2.44. The first-order valence-electron chi connectivity index (χ1n) is 7.76. The van der Waals surface area contributed by atoms with Gasteiger partial charge in [-0.25, -0.2) is 4.39 Å². The standard InChI is InChI=1S/C17H23FO3/c1-2-17(10-6-4-3-5-7-11-17)21-15-12-13(16(19)20)8-9-14(15)18/h8-9,12H,2-7,10-11H2,1H3,(H,19,20)/p-1. The van der Waals surface area contributed by atoms with Crippen LogP contribution >= 0.6 is 0 Å². The van der Waals surface area contributed by atoms with Crippen molar-refractivity contribution in [2.24, 2.45) is 0 Å². The summed E-state index contributed by atoms with van der Waals surface area (Å²) in [6.45, 7) is 2.04. The van der Waals surface area contributed by atoms with Gasteiger partial charge in [0.25, 0.3) is 0 Å². The molecule has 0 spiro atoms. The number of carboxylic acids is 1. The largest absolute Gasteiger partial charge is 0.545 e. The predicted octanol–water partition coefficient (Wildman–Crippen LogP) is 3.46. The van der Waals surface area contributed by atoms with Crippen LogP contribution in [0.3, 0.4) is 0 Å². The van der Waals surface area contributed by atoms with Gasteiger partial charge in [-0.05, 0) is 50.3 Å². The molecule has 4 heteroatoms. The monoisotopic (exact) mass is 293 g/mol. The third-order valence-corrected chi connectivity index (χ3v) is 4.40. The van der Waals surface area contributed by atoms with E-state index < -0.39 is 11.8 Å². The number of aromatic carboxylic acids is 1. The minimum atomic E-state index is -1.32. The quantitative estimate of drug-likeness (QED) is 0.854. The zero-order valence-corrected chi connectivity index (χ0v) is 12.5. The van der Waals surface area contributed by atoms with Crippen molar-refractivity contribution >= 4 is 5.97 Å². The first kappa shape index (κ1) is 15.8. The fourth-order valence-electron chi connectivity index (χ4n) is 3.02. The van der Waals surface area contributed by atoms with E-state index in [2.05, 4.69) is 0 Å². The van der Waals surface area contributed by atoms with Gasteiger partial charge in [0.15, 0.2) is 11.6 Å². The molecule has 0 bridgehead atoms. The van der Waals surface area contributed by atoms with Crippen LogP contribution in [0.5, 0.6) is 5.75 Å². The van der Waals surface area contributed by atoms with Crippen LogP contribution in [0, 0.1) is 5.82 Å². The Kier molecular flexibility index (Phi) is 5.21. The molecule has 116 valence electrons. The number of rotatable bonds is 4. The number of hydrogen-bond acceptors (Lipinski definition) is 3. The van der Waals surface area contributed by atoms with Crippen molar-refractivity contribution in [2.75, 3.05) is 0 Å². The van der Waals surface area contributed by atoms with E-state index >= 15 is 0 Å². The van der Waals surface area contributed by atoms with Crippen LogP contribution in [-0.2, 0) is 0 Å². The third kappa shape index (κ3) is 3.96. The molecule has 1 aromatic carbocycles. The molecule has 3 nitrogen and oxygen atoms in total. The predicted molar refractivity (Wildman–Crippen MR) is 76.7 cm³/mol. The molecule has 1 aliphatic rings. The molecule has 21 heavy (non-hydrogen) atoms. The zero-order valence-electron chi connectivity index (χ0n) is 12.5. The topological polar surface area (TPSA) is 49.4 Å². The van der Waals surface area contributed by atoms with Crippen LogP contribution in [0.2, 0.25) is 0 Å². The Balaban J connectivity index is 2.23. The summed E-state index contributed by atoms with van der Waals surface area (Å²) in [5, 5.41) is 10.9. The number of benzene rings is 1. The molecule has 0 heterocycles. The number of hydrogen-bond donors (Lipinski definition) is 0. The van der Waals surface area contributed by atoms with E-state index in [0.29, 0.717) is 0 Å². The second kappa shape index (κ2) is 6.92. The second-order valence-electron chi connectivity index (χ2n) is 5.84. The highest BCUT2D eigenvalue weighted by Crippen LogP contribution is 2.35. The highest BCUT2D eigenvalue weighted by atomic mass is 19.1. The Morgan fingerprint density at radius 2 is 1.86 bits per heavy atom. The van der Waals surface area contributed by atoms with Crippen molar-refractivity contribution in [3.63, 3.8) is 0 Å². The number of carbonyl (C=O) groups is 1. The molecule has 1 fully saturated rings. The fourth-order valence-corrected chi connectivity index (χ4v) is 3.02.